The van der Waals surface area contributed by atoms with E-state index in [9.17, 15) is 13.2 Å². The fraction of sp³-hybridized carbons (Fsp3) is 0.350. The van der Waals surface area contributed by atoms with Gasteiger partial charge in [-0.1, -0.05) is 32.0 Å². The largest absolute Gasteiger partial charge is 0.352 e. The number of rotatable bonds is 6. The van der Waals surface area contributed by atoms with Crippen molar-refractivity contribution in [3.63, 3.8) is 0 Å². The van der Waals surface area contributed by atoms with Gasteiger partial charge in [0.25, 0.3) is 15.9 Å². The fourth-order valence-corrected chi connectivity index (χ4v) is 3.87. The molecule has 5 nitrogen and oxygen atoms in total. The summed E-state index contributed by atoms with van der Waals surface area (Å²) < 4.78 is 28.4. The molecule has 2 N–H and O–H groups in total. The number of hydrogen-bond acceptors (Lipinski definition) is 3. The van der Waals surface area contributed by atoms with Crippen LogP contribution in [0, 0.1) is 26.7 Å². The van der Waals surface area contributed by atoms with Gasteiger partial charge >= 0.3 is 0 Å². The third-order valence-electron chi connectivity index (χ3n) is 4.05. The first kappa shape index (κ1) is 20.0. The molecule has 2 aromatic carbocycles. The van der Waals surface area contributed by atoms with Crippen molar-refractivity contribution in [1.82, 2.24) is 5.32 Å². The molecule has 1 amide bonds. The second-order valence-corrected chi connectivity index (χ2v) is 8.66. The first-order chi connectivity index (χ1) is 12.1. The molecule has 26 heavy (non-hydrogen) atoms. The van der Waals surface area contributed by atoms with Crippen molar-refractivity contribution in [3.05, 3.63) is 58.7 Å². The summed E-state index contributed by atoms with van der Waals surface area (Å²) >= 11 is 0. The summed E-state index contributed by atoms with van der Waals surface area (Å²) in [4.78, 5) is 12.4. The highest BCUT2D eigenvalue weighted by Gasteiger charge is 2.20. The Morgan fingerprint density at radius 1 is 1.00 bits per heavy atom. The molecule has 2 aromatic rings. The molecule has 6 heteroatoms. The van der Waals surface area contributed by atoms with Gasteiger partial charge in [-0.3, -0.25) is 9.52 Å². The van der Waals surface area contributed by atoms with E-state index in [1.165, 1.54) is 6.07 Å². The highest BCUT2D eigenvalue weighted by molar-refractivity contribution is 7.92. The predicted molar refractivity (Wildman–Crippen MR) is 105 cm³/mol. The van der Waals surface area contributed by atoms with Crippen LogP contribution in [0.1, 0.15) is 40.9 Å². The molecule has 0 unspecified atom stereocenters. The molecule has 0 saturated heterocycles. The number of sulfonamides is 1. The van der Waals surface area contributed by atoms with Crippen LogP contribution in [-0.2, 0) is 10.0 Å². The minimum atomic E-state index is -3.80. The highest BCUT2D eigenvalue weighted by atomic mass is 32.2. The van der Waals surface area contributed by atoms with Crippen LogP contribution in [0.4, 0.5) is 5.69 Å². The summed E-state index contributed by atoms with van der Waals surface area (Å²) in [5, 5.41) is 2.81. The number of hydrogen-bond donors (Lipinski definition) is 2. The Kier molecular flexibility index (Phi) is 6.08. The van der Waals surface area contributed by atoms with Crippen molar-refractivity contribution >= 4 is 21.6 Å². The number of amides is 1. The Hall–Kier alpha value is -2.34. The summed E-state index contributed by atoms with van der Waals surface area (Å²) in [5.41, 5.74) is 3.26. The van der Waals surface area contributed by atoms with Crippen LogP contribution >= 0.6 is 0 Å². The molecule has 0 radical (unpaired) electrons. The molecular weight excluding hydrogens is 348 g/mol. The van der Waals surface area contributed by atoms with Crippen molar-refractivity contribution in [2.45, 2.75) is 39.5 Å². The minimum Gasteiger partial charge on any atom is -0.352 e. The number of aryl methyl sites for hydroxylation is 3. The average Bonchev–Trinajstić information content (AvgIpc) is 2.56. The molecule has 0 atom stereocenters. The lowest BCUT2D eigenvalue weighted by Crippen LogP contribution is -2.27. The monoisotopic (exact) mass is 374 g/mol. The predicted octanol–water partition coefficient (Wildman–Crippen LogP) is 3.80. The number of carbonyl (C=O) groups excluding carboxylic acids is 1. The van der Waals surface area contributed by atoms with Gasteiger partial charge < -0.3 is 5.32 Å². The lowest BCUT2D eigenvalue weighted by atomic mass is 10.1. The maximum absolute atomic E-state index is 12.9. The van der Waals surface area contributed by atoms with Crippen LogP contribution in [0.2, 0.25) is 0 Å². The standard InChI is InChI=1S/C20H26N2O3S/c1-13(2)12-21-20(23)17-9-8-16(5)19(11-17)26(24,25)22-18-10-14(3)6-7-15(18)4/h6-11,13,22H,12H2,1-5H3,(H,21,23). The van der Waals surface area contributed by atoms with Gasteiger partial charge in [0, 0.05) is 12.1 Å². The molecule has 0 bridgehead atoms. The second kappa shape index (κ2) is 7.91. The fourth-order valence-electron chi connectivity index (χ4n) is 2.48. The minimum absolute atomic E-state index is 0.107. The van der Waals surface area contributed by atoms with E-state index in [2.05, 4.69) is 10.0 Å². The van der Waals surface area contributed by atoms with Gasteiger partial charge in [-0.05, 0) is 61.6 Å². The van der Waals surface area contributed by atoms with Crippen LogP contribution in [-0.4, -0.2) is 20.9 Å². The molecule has 0 fully saturated rings. The molecule has 0 aliphatic heterocycles. The average molecular weight is 375 g/mol. The zero-order valence-corrected chi connectivity index (χ0v) is 16.7. The van der Waals surface area contributed by atoms with Crippen LogP contribution in [0.3, 0.4) is 0 Å². The zero-order valence-electron chi connectivity index (χ0n) is 15.9. The van der Waals surface area contributed by atoms with Crippen LogP contribution in [0.25, 0.3) is 0 Å². The van der Waals surface area contributed by atoms with E-state index in [-0.39, 0.29) is 10.8 Å². The Bertz CT molecular complexity index is 919. The van der Waals surface area contributed by atoms with Crippen LogP contribution in [0.15, 0.2) is 41.3 Å². The van der Waals surface area contributed by atoms with E-state index < -0.39 is 10.0 Å². The third kappa shape index (κ3) is 4.85. The molecule has 0 heterocycles. The highest BCUT2D eigenvalue weighted by Crippen LogP contribution is 2.23. The molecule has 140 valence electrons. The van der Waals surface area contributed by atoms with Crippen molar-refractivity contribution in [3.8, 4) is 0 Å². The van der Waals surface area contributed by atoms with Crippen molar-refractivity contribution in [2.24, 2.45) is 5.92 Å². The third-order valence-corrected chi connectivity index (χ3v) is 5.56. The number of carbonyl (C=O) groups is 1. The first-order valence-corrected chi connectivity index (χ1v) is 10.1. The lowest BCUT2D eigenvalue weighted by Gasteiger charge is -2.14. The van der Waals surface area contributed by atoms with E-state index >= 15 is 0 Å². The molecule has 0 aliphatic carbocycles. The van der Waals surface area contributed by atoms with Gasteiger partial charge in [0.15, 0.2) is 0 Å². The quantitative estimate of drug-likeness (QED) is 0.807. The van der Waals surface area contributed by atoms with Crippen molar-refractivity contribution in [2.75, 3.05) is 11.3 Å². The van der Waals surface area contributed by atoms with Gasteiger partial charge in [-0.2, -0.15) is 0 Å². The normalized spacial score (nSPS) is 11.5. The van der Waals surface area contributed by atoms with E-state index in [4.69, 9.17) is 0 Å². The molecule has 0 spiro atoms. The molecule has 0 aliphatic rings. The van der Waals surface area contributed by atoms with E-state index in [0.717, 1.165) is 11.1 Å². The summed E-state index contributed by atoms with van der Waals surface area (Å²) in [5.74, 6) is 0.0421. The van der Waals surface area contributed by atoms with E-state index in [1.807, 2.05) is 39.8 Å². The summed E-state index contributed by atoms with van der Waals surface area (Å²) in [6.45, 7) is 10.0. The van der Waals surface area contributed by atoms with Gasteiger partial charge in [0.05, 0.1) is 10.6 Å². The summed E-state index contributed by atoms with van der Waals surface area (Å²) in [6, 6.07) is 10.3. The van der Waals surface area contributed by atoms with E-state index in [1.54, 1.807) is 25.1 Å². The topological polar surface area (TPSA) is 75.3 Å². The number of benzene rings is 2. The molecule has 0 saturated carbocycles. The number of nitrogens with one attached hydrogen (secondary N) is 2. The molecular formula is C20H26N2O3S. The lowest BCUT2D eigenvalue weighted by molar-refractivity contribution is 0.0949. The summed E-state index contributed by atoms with van der Waals surface area (Å²) in [7, 11) is -3.80. The first-order valence-electron chi connectivity index (χ1n) is 8.59. The maximum Gasteiger partial charge on any atom is 0.262 e. The van der Waals surface area contributed by atoms with Crippen molar-refractivity contribution < 1.29 is 13.2 Å². The van der Waals surface area contributed by atoms with Crippen LogP contribution in [0.5, 0.6) is 0 Å². The Morgan fingerprint density at radius 2 is 1.65 bits per heavy atom. The van der Waals surface area contributed by atoms with E-state index in [0.29, 0.717) is 29.3 Å². The molecule has 2 rings (SSSR count). The van der Waals surface area contributed by atoms with Crippen molar-refractivity contribution in [1.29, 1.82) is 0 Å². The van der Waals surface area contributed by atoms with Gasteiger partial charge in [-0.25, -0.2) is 8.42 Å². The Labute approximate surface area is 155 Å². The maximum atomic E-state index is 12.9. The smallest absolute Gasteiger partial charge is 0.262 e. The molecule has 0 aromatic heterocycles. The number of anilines is 1. The zero-order chi connectivity index (χ0) is 19.5. The van der Waals surface area contributed by atoms with Gasteiger partial charge in [0.1, 0.15) is 0 Å². The Balaban J connectivity index is 2.35. The summed E-state index contributed by atoms with van der Waals surface area (Å²) in [6.07, 6.45) is 0. The van der Waals surface area contributed by atoms with Crippen LogP contribution < -0.4 is 10.0 Å². The Morgan fingerprint density at radius 3 is 2.31 bits per heavy atom. The van der Waals surface area contributed by atoms with Gasteiger partial charge in [-0.15, -0.1) is 0 Å². The second-order valence-electron chi connectivity index (χ2n) is 7.01. The van der Waals surface area contributed by atoms with Gasteiger partial charge in [0.2, 0.25) is 0 Å². The SMILES string of the molecule is Cc1ccc(C)c(NS(=O)(=O)c2cc(C(=O)NCC(C)C)ccc2C)c1.